The van der Waals surface area contributed by atoms with E-state index in [9.17, 15) is 0 Å². The Labute approximate surface area is 79.6 Å². The summed E-state index contributed by atoms with van der Waals surface area (Å²) in [4.78, 5) is 0. The van der Waals surface area contributed by atoms with E-state index >= 15 is 0 Å². The maximum Gasteiger partial charge on any atom is 0.0734 e. The van der Waals surface area contributed by atoms with Gasteiger partial charge in [-0.05, 0) is 26.2 Å². The molecule has 0 amide bonds. The van der Waals surface area contributed by atoms with Crippen LogP contribution in [-0.4, -0.2) is 31.0 Å². The van der Waals surface area contributed by atoms with Gasteiger partial charge in [0.2, 0.25) is 0 Å². The summed E-state index contributed by atoms with van der Waals surface area (Å²) in [6.45, 7) is 3.63. The molecule has 0 aromatic carbocycles. The third kappa shape index (κ3) is 1.87. The fourth-order valence-corrected chi connectivity index (χ4v) is 2.53. The number of hydrogen-bond acceptors (Lipinski definition) is 3. The molecule has 3 nitrogen and oxygen atoms in total. The van der Waals surface area contributed by atoms with Gasteiger partial charge in [0.15, 0.2) is 0 Å². The first-order valence-electron chi connectivity index (χ1n) is 5.24. The van der Waals surface area contributed by atoms with E-state index in [1.165, 1.54) is 6.42 Å². The van der Waals surface area contributed by atoms with Crippen molar-refractivity contribution in [2.24, 2.45) is 5.73 Å². The molecule has 2 heterocycles. The molecule has 2 saturated heterocycles. The Morgan fingerprint density at radius 1 is 1.46 bits per heavy atom. The van der Waals surface area contributed by atoms with E-state index in [4.69, 9.17) is 15.2 Å². The SMILES string of the molecule is C[C@@H]1C[C@]2(CCO1)CC[C@@H](CN)O2. The lowest BCUT2D eigenvalue weighted by Crippen LogP contribution is -2.40. The standard InChI is InChI=1S/C10H19NO2/c1-8-6-10(4-5-12-8)3-2-9(7-11)13-10/h8-9H,2-7,11H2,1H3/t8-,9+,10-/m1/s1. The lowest BCUT2D eigenvalue weighted by Gasteiger charge is -2.36. The van der Waals surface area contributed by atoms with E-state index in [1.807, 2.05) is 0 Å². The molecular weight excluding hydrogens is 166 g/mol. The van der Waals surface area contributed by atoms with E-state index in [0.717, 1.165) is 25.9 Å². The van der Waals surface area contributed by atoms with E-state index in [2.05, 4.69) is 6.92 Å². The smallest absolute Gasteiger partial charge is 0.0734 e. The number of hydrogen-bond donors (Lipinski definition) is 1. The number of rotatable bonds is 1. The first kappa shape index (κ1) is 9.44. The normalized spacial score (nSPS) is 45.7. The van der Waals surface area contributed by atoms with Gasteiger partial charge in [-0.3, -0.25) is 0 Å². The Bertz CT molecular complexity index is 186. The third-order valence-electron chi connectivity index (χ3n) is 3.22. The molecule has 0 aliphatic carbocycles. The van der Waals surface area contributed by atoms with Crippen molar-refractivity contribution in [1.82, 2.24) is 0 Å². The Morgan fingerprint density at radius 2 is 2.31 bits per heavy atom. The van der Waals surface area contributed by atoms with Gasteiger partial charge in [0.05, 0.1) is 17.8 Å². The fraction of sp³-hybridized carbons (Fsp3) is 1.00. The van der Waals surface area contributed by atoms with Crippen LogP contribution in [0.15, 0.2) is 0 Å². The topological polar surface area (TPSA) is 44.5 Å². The Kier molecular flexibility index (Phi) is 2.58. The van der Waals surface area contributed by atoms with Gasteiger partial charge in [-0.2, -0.15) is 0 Å². The highest BCUT2D eigenvalue weighted by Crippen LogP contribution is 2.39. The summed E-state index contributed by atoms with van der Waals surface area (Å²) >= 11 is 0. The molecule has 2 N–H and O–H groups in total. The van der Waals surface area contributed by atoms with Crippen LogP contribution < -0.4 is 5.73 Å². The van der Waals surface area contributed by atoms with Gasteiger partial charge in [0.25, 0.3) is 0 Å². The largest absolute Gasteiger partial charge is 0.378 e. The van der Waals surface area contributed by atoms with Crippen molar-refractivity contribution in [3.63, 3.8) is 0 Å². The van der Waals surface area contributed by atoms with Crippen LogP contribution in [0.1, 0.15) is 32.6 Å². The van der Waals surface area contributed by atoms with Gasteiger partial charge in [-0.15, -0.1) is 0 Å². The van der Waals surface area contributed by atoms with Crippen molar-refractivity contribution < 1.29 is 9.47 Å². The summed E-state index contributed by atoms with van der Waals surface area (Å²) in [5, 5.41) is 0. The first-order chi connectivity index (χ1) is 6.24. The molecule has 0 aromatic rings. The molecule has 0 radical (unpaired) electrons. The maximum absolute atomic E-state index is 6.00. The van der Waals surface area contributed by atoms with Crippen LogP contribution in [0.3, 0.4) is 0 Å². The van der Waals surface area contributed by atoms with Gasteiger partial charge in [-0.1, -0.05) is 0 Å². The van der Waals surface area contributed by atoms with Crippen molar-refractivity contribution in [1.29, 1.82) is 0 Å². The van der Waals surface area contributed by atoms with E-state index in [1.54, 1.807) is 0 Å². The third-order valence-corrected chi connectivity index (χ3v) is 3.22. The lowest BCUT2D eigenvalue weighted by molar-refractivity contribution is -0.125. The summed E-state index contributed by atoms with van der Waals surface area (Å²) in [6, 6.07) is 0. The van der Waals surface area contributed by atoms with E-state index < -0.39 is 0 Å². The van der Waals surface area contributed by atoms with Crippen LogP contribution in [0.25, 0.3) is 0 Å². The predicted octanol–water partition coefficient (Wildman–Crippen LogP) is 1.06. The van der Waals surface area contributed by atoms with Crippen LogP contribution in [-0.2, 0) is 9.47 Å². The molecule has 2 aliphatic heterocycles. The van der Waals surface area contributed by atoms with Crippen LogP contribution in [0.5, 0.6) is 0 Å². The fourth-order valence-electron chi connectivity index (χ4n) is 2.53. The van der Waals surface area contributed by atoms with Gasteiger partial charge in [0, 0.05) is 19.6 Å². The van der Waals surface area contributed by atoms with Crippen LogP contribution >= 0.6 is 0 Å². The summed E-state index contributed by atoms with van der Waals surface area (Å²) in [5.41, 5.74) is 5.71. The van der Waals surface area contributed by atoms with Crippen molar-refractivity contribution in [3.8, 4) is 0 Å². The Balaban J connectivity index is 1.97. The van der Waals surface area contributed by atoms with Crippen molar-refractivity contribution >= 4 is 0 Å². The van der Waals surface area contributed by atoms with Gasteiger partial charge in [-0.25, -0.2) is 0 Å². The van der Waals surface area contributed by atoms with Crippen molar-refractivity contribution in [3.05, 3.63) is 0 Å². The van der Waals surface area contributed by atoms with Gasteiger partial charge >= 0.3 is 0 Å². The molecule has 2 fully saturated rings. The molecule has 0 saturated carbocycles. The van der Waals surface area contributed by atoms with Gasteiger partial charge < -0.3 is 15.2 Å². The highest BCUT2D eigenvalue weighted by molar-refractivity contribution is 4.92. The molecule has 2 rings (SSSR count). The molecule has 2 aliphatic rings. The highest BCUT2D eigenvalue weighted by atomic mass is 16.5. The molecule has 0 unspecified atom stereocenters. The quantitative estimate of drug-likeness (QED) is 0.664. The lowest BCUT2D eigenvalue weighted by atomic mass is 9.88. The molecule has 1 spiro atoms. The highest BCUT2D eigenvalue weighted by Gasteiger charge is 2.42. The summed E-state index contributed by atoms with van der Waals surface area (Å²) in [5.74, 6) is 0. The minimum absolute atomic E-state index is 0.113. The molecule has 76 valence electrons. The zero-order valence-electron chi connectivity index (χ0n) is 8.29. The van der Waals surface area contributed by atoms with Crippen LogP contribution in [0.4, 0.5) is 0 Å². The molecule has 0 bridgehead atoms. The average Bonchev–Trinajstić information content (AvgIpc) is 2.48. The zero-order chi connectivity index (χ0) is 9.31. The minimum atomic E-state index is 0.113. The molecule has 0 aromatic heterocycles. The average molecular weight is 185 g/mol. The summed E-state index contributed by atoms with van der Waals surface area (Å²) in [6.07, 6.45) is 5.04. The van der Waals surface area contributed by atoms with Crippen molar-refractivity contribution in [2.75, 3.05) is 13.2 Å². The van der Waals surface area contributed by atoms with Crippen LogP contribution in [0, 0.1) is 0 Å². The van der Waals surface area contributed by atoms with E-state index in [0.29, 0.717) is 18.8 Å². The molecule has 13 heavy (non-hydrogen) atoms. The molecular formula is C10H19NO2. The second-order valence-corrected chi connectivity index (χ2v) is 4.33. The van der Waals surface area contributed by atoms with Crippen molar-refractivity contribution in [2.45, 2.75) is 50.4 Å². The molecule has 3 atom stereocenters. The van der Waals surface area contributed by atoms with Gasteiger partial charge in [0.1, 0.15) is 0 Å². The summed E-state index contributed by atoms with van der Waals surface area (Å²) < 4.78 is 11.5. The summed E-state index contributed by atoms with van der Waals surface area (Å²) in [7, 11) is 0. The molecule has 3 heteroatoms. The monoisotopic (exact) mass is 185 g/mol. The predicted molar refractivity (Wildman–Crippen MR) is 50.5 cm³/mol. The van der Waals surface area contributed by atoms with Crippen LogP contribution in [0.2, 0.25) is 0 Å². The minimum Gasteiger partial charge on any atom is -0.378 e. The Hall–Kier alpha value is -0.120. The second-order valence-electron chi connectivity index (χ2n) is 4.33. The maximum atomic E-state index is 6.00. The van der Waals surface area contributed by atoms with E-state index in [-0.39, 0.29) is 5.60 Å². The zero-order valence-corrected chi connectivity index (χ0v) is 8.29. The Morgan fingerprint density at radius 3 is 2.92 bits per heavy atom. The second kappa shape index (κ2) is 3.56. The number of nitrogens with two attached hydrogens (primary N) is 1. The first-order valence-corrected chi connectivity index (χ1v) is 5.24. The number of ether oxygens (including phenoxy) is 2.